The molecule has 9 heteroatoms. The van der Waals surface area contributed by atoms with Crippen LogP contribution in [0, 0.1) is 0 Å². The van der Waals surface area contributed by atoms with Crippen LogP contribution in [-0.2, 0) is 21.4 Å². The largest absolute Gasteiger partial charge is 0.616 e. The van der Waals surface area contributed by atoms with Crippen molar-refractivity contribution in [2.75, 3.05) is 23.3 Å². The lowest BCUT2D eigenvalue weighted by molar-refractivity contribution is 0.340. The van der Waals surface area contributed by atoms with Crippen LogP contribution in [0.4, 0.5) is 5.69 Å². The Morgan fingerprint density at radius 3 is 2.95 bits per heavy atom. The Bertz CT molecular complexity index is 613. The molecule has 1 aromatic rings. The first-order chi connectivity index (χ1) is 8.89. The summed E-state index contributed by atoms with van der Waals surface area (Å²) in [6, 6.07) is 4.86. The highest BCUT2D eigenvalue weighted by molar-refractivity contribution is 7.91. The summed E-state index contributed by atoms with van der Waals surface area (Å²) in [4.78, 5) is 0. The Hall–Kier alpha value is -1.45. The van der Waals surface area contributed by atoms with E-state index >= 15 is 0 Å². The summed E-state index contributed by atoms with van der Waals surface area (Å²) in [5, 5.41) is 0. The van der Waals surface area contributed by atoms with Crippen LogP contribution in [0.5, 0.6) is 5.75 Å². The van der Waals surface area contributed by atoms with Gasteiger partial charge in [-0.15, -0.1) is 4.40 Å². The smallest absolute Gasteiger partial charge is 0.344 e. The van der Waals surface area contributed by atoms with E-state index in [1.54, 1.807) is 24.5 Å². The van der Waals surface area contributed by atoms with Gasteiger partial charge >= 0.3 is 10.2 Å². The molecule has 0 spiro atoms. The second-order valence-electron chi connectivity index (χ2n) is 3.86. The number of ether oxygens (including phenoxy) is 1. The molecule has 0 amide bonds. The molecule has 0 aromatic heterocycles. The standard InChI is InChI=1S/C10H13N3O4S2/c1-18(14)6-5-17-8-4-2-3-7-9(8)10(11)13-19(15,16)12-7/h2-4,12H,5-6H2,1H3,(H2,11,13). The molecule has 3 N–H and O–H groups in total. The average Bonchev–Trinajstić information content (AvgIpc) is 2.26. The van der Waals surface area contributed by atoms with Gasteiger partial charge in [-0.3, -0.25) is 4.72 Å². The molecular formula is C10H13N3O4S2. The van der Waals surface area contributed by atoms with Gasteiger partial charge in [-0.25, -0.2) is 0 Å². The number of nitrogens with one attached hydrogen (secondary N) is 1. The van der Waals surface area contributed by atoms with Gasteiger partial charge < -0.3 is 15.0 Å². The van der Waals surface area contributed by atoms with Crippen molar-refractivity contribution in [2.45, 2.75) is 0 Å². The molecule has 2 rings (SSSR count). The van der Waals surface area contributed by atoms with Crippen LogP contribution in [-0.4, -0.2) is 37.4 Å². The van der Waals surface area contributed by atoms with E-state index in [9.17, 15) is 13.0 Å². The quantitative estimate of drug-likeness (QED) is 0.748. The predicted molar refractivity (Wildman–Crippen MR) is 74.1 cm³/mol. The van der Waals surface area contributed by atoms with Crippen molar-refractivity contribution in [3.8, 4) is 5.75 Å². The lowest BCUT2D eigenvalue weighted by Crippen LogP contribution is -2.27. The highest BCUT2D eigenvalue weighted by Crippen LogP contribution is 2.30. The molecule has 1 unspecified atom stereocenters. The maximum atomic E-state index is 11.4. The molecule has 0 radical (unpaired) electrons. The molecule has 0 fully saturated rings. The van der Waals surface area contributed by atoms with Gasteiger partial charge in [-0.2, -0.15) is 8.42 Å². The SMILES string of the molecule is C[S+]([O-])CCOc1cccc2c1C(N)=NS(=O)(=O)N2. The van der Waals surface area contributed by atoms with Crippen molar-refractivity contribution in [3.63, 3.8) is 0 Å². The monoisotopic (exact) mass is 303 g/mol. The first-order valence-corrected chi connectivity index (χ1v) is 8.50. The molecule has 1 aromatic carbocycles. The molecule has 1 atom stereocenters. The second kappa shape index (κ2) is 5.27. The molecule has 19 heavy (non-hydrogen) atoms. The third kappa shape index (κ3) is 3.31. The molecule has 0 aliphatic carbocycles. The van der Waals surface area contributed by atoms with Crippen LogP contribution in [0.25, 0.3) is 0 Å². The van der Waals surface area contributed by atoms with Crippen molar-refractivity contribution in [1.29, 1.82) is 0 Å². The minimum atomic E-state index is -3.79. The summed E-state index contributed by atoms with van der Waals surface area (Å²) in [6.07, 6.45) is 1.58. The fourth-order valence-electron chi connectivity index (χ4n) is 1.61. The van der Waals surface area contributed by atoms with E-state index in [2.05, 4.69) is 9.12 Å². The molecule has 104 valence electrons. The maximum absolute atomic E-state index is 11.4. The number of hydrogen-bond donors (Lipinski definition) is 2. The summed E-state index contributed by atoms with van der Waals surface area (Å²) in [5.41, 5.74) is 6.37. The van der Waals surface area contributed by atoms with E-state index < -0.39 is 21.4 Å². The zero-order chi connectivity index (χ0) is 14.0. The number of nitrogens with zero attached hydrogens (tertiary/aromatic N) is 1. The van der Waals surface area contributed by atoms with Crippen LogP contribution in [0.2, 0.25) is 0 Å². The van der Waals surface area contributed by atoms with Gasteiger partial charge in [-0.1, -0.05) is 17.2 Å². The van der Waals surface area contributed by atoms with Crippen LogP contribution in [0.3, 0.4) is 0 Å². The average molecular weight is 303 g/mol. The lowest BCUT2D eigenvalue weighted by atomic mass is 10.1. The van der Waals surface area contributed by atoms with E-state index in [1.165, 1.54) is 0 Å². The summed E-state index contributed by atoms with van der Waals surface area (Å²) >= 11 is -0.960. The molecule has 0 saturated heterocycles. The minimum absolute atomic E-state index is 0.123. The summed E-state index contributed by atoms with van der Waals surface area (Å²) < 4.78 is 44.8. The van der Waals surface area contributed by atoms with E-state index in [4.69, 9.17) is 10.5 Å². The number of fused-ring (bicyclic) bond motifs is 1. The lowest BCUT2D eigenvalue weighted by Gasteiger charge is -2.19. The van der Waals surface area contributed by atoms with Gasteiger partial charge in [0.1, 0.15) is 18.1 Å². The van der Waals surface area contributed by atoms with Gasteiger partial charge in [0.15, 0.2) is 5.84 Å². The van der Waals surface area contributed by atoms with Gasteiger partial charge in [-0.05, 0) is 12.1 Å². The number of hydrogen-bond acceptors (Lipinski definition) is 5. The Labute approximate surface area is 114 Å². The topological polar surface area (TPSA) is 117 Å². The third-order valence-electron chi connectivity index (χ3n) is 2.37. The number of anilines is 1. The van der Waals surface area contributed by atoms with E-state index in [-0.39, 0.29) is 12.4 Å². The number of nitrogens with two attached hydrogens (primary N) is 1. The van der Waals surface area contributed by atoms with E-state index in [0.717, 1.165) is 0 Å². The van der Waals surface area contributed by atoms with Crippen molar-refractivity contribution < 1.29 is 17.7 Å². The van der Waals surface area contributed by atoms with Crippen molar-refractivity contribution in [1.82, 2.24) is 0 Å². The zero-order valence-corrected chi connectivity index (χ0v) is 11.8. The van der Waals surface area contributed by atoms with Crippen molar-refractivity contribution in [2.24, 2.45) is 10.1 Å². The fourth-order valence-corrected chi connectivity index (χ4v) is 2.77. The van der Waals surface area contributed by atoms with Crippen LogP contribution in [0.15, 0.2) is 22.6 Å². The number of rotatable bonds is 4. The molecular weight excluding hydrogens is 290 g/mol. The van der Waals surface area contributed by atoms with Crippen LogP contribution >= 0.6 is 0 Å². The van der Waals surface area contributed by atoms with E-state index in [0.29, 0.717) is 22.8 Å². The number of amidine groups is 1. The van der Waals surface area contributed by atoms with Gasteiger partial charge in [0.25, 0.3) is 0 Å². The normalized spacial score (nSPS) is 17.9. The zero-order valence-electron chi connectivity index (χ0n) is 10.1. The van der Waals surface area contributed by atoms with E-state index in [1.807, 2.05) is 0 Å². The Morgan fingerprint density at radius 2 is 2.26 bits per heavy atom. The van der Waals surface area contributed by atoms with Crippen molar-refractivity contribution >= 4 is 32.9 Å². The van der Waals surface area contributed by atoms with Crippen LogP contribution in [0.1, 0.15) is 5.56 Å². The predicted octanol–water partition coefficient (Wildman–Crippen LogP) is -0.180. The summed E-state index contributed by atoms with van der Waals surface area (Å²) in [5.74, 6) is 0.667. The number of benzene rings is 1. The van der Waals surface area contributed by atoms with Gasteiger partial charge in [0, 0.05) is 0 Å². The Kier molecular flexibility index (Phi) is 3.88. The summed E-state index contributed by atoms with van der Waals surface area (Å²) in [6.45, 7) is 0.250. The molecule has 0 bridgehead atoms. The first-order valence-electron chi connectivity index (χ1n) is 5.33. The molecule has 1 aliphatic heterocycles. The third-order valence-corrected chi connectivity index (χ3v) is 4.02. The second-order valence-corrected chi connectivity index (χ2v) is 6.75. The fraction of sp³-hybridized carbons (Fsp3) is 0.300. The first kappa shape index (κ1) is 14.0. The van der Waals surface area contributed by atoms with Crippen LogP contribution < -0.4 is 15.2 Å². The molecule has 0 saturated carbocycles. The Morgan fingerprint density at radius 1 is 1.53 bits per heavy atom. The van der Waals surface area contributed by atoms with Gasteiger partial charge in [0.05, 0.1) is 17.5 Å². The minimum Gasteiger partial charge on any atom is -0.616 e. The molecule has 1 aliphatic rings. The molecule has 1 heterocycles. The summed E-state index contributed by atoms with van der Waals surface area (Å²) in [7, 11) is -3.79. The Balaban J connectivity index is 2.29. The molecule has 7 nitrogen and oxygen atoms in total. The van der Waals surface area contributed by atoms with Crippen molar-refractivity contribution in [3.05, 3.63) is 23.8 Å². The van der Waals surface area contributed by atoms with Gasteiger partial charge in [0.2, 0.25) is 0 Å². The highest BCUT2D eigenvalue weighted by atomic mass is 32.2. The maximum Gasteiger partial charge on any atom is 0.344 e. The highest BCUT2D eigenvalue weighted by Gasteiger charge is 2.24.